The van der Waals surface area contributed by atoms with Gasteiger partial charge in [-0.3, -0.25) is 4.57 Å². The summed E-state index contributed by atoms with van der Waals surface area (Å²) in [4.78, 5) is 15.1. The predicted octanol–water partition coefficient (Wildman–Crippen LogP) is 12.8. The van der Waals surface area contributed by atoms with E-state index in [2.05, 4.69) is 121 Å². The Kier molecular flexibility index (Phi) is 15.9. The van der Waals surface area contributed by atoms with Gasteiger partial charge in [-0.1, -0.05) is 201 Å². The Balaban J connectivity index is 1.19. The second-order valence-electron chi connectivity index (χ2n) is 21.7. The summed E-state index contributed by atoms with van der Waals surface area (Å²) in [6.07, 6.45) is -1.99. The molecule has 2 N–H and O–H groups in total. The Hall–Kier alpha value is -6.54. The highest BCUT2D eigenvalue weighted by atomic mass is 28.5. The molecule has 0 amide bonds. The van der Waals surface area contributed by atoms with Crippen LogP contribution < -0.4 is 14.8 Å². The van der Waals surface area contributed by atoms with Gasteiger partial charge in [-0.2, -0.15) is 0 Å². The van der Waals surface area contributed by atoms with Crippen molar-refractivity contribution in [2.75, 3.05) is 26.1 Å². The van der Waals surface area contributed by atoms with Gasteiger partial charge in [0.25, 0.3) is 0 Å². The lowest BCUT2D eigenvalue weighted by molar-refractivity contribution is -0.278. The van der Waals surface area contributed by atoms with Gasteiger partial charge >= 0.3 is 17.1 Å². The van der Waals surface area contributed by atoms with Crippen LogP contribution in [0.25, 0.3) is 11.2 Å². The molecule has 0 aliphatic carbocycles. The molecule has 406 valence electrons. The highest BCUT2D eigenvalue weighted by molar-refractivity contribution is 6.84. The van der Waals surface area contributed by atoms with Crippen molar-refractivity contribution in [3.63, 3.8) is 0 Å². The molecule has 6 aromatic carbocycles. The third-order valence-electron chi connectivity index (χ3n) is 16.0. The van der Waals surface area contributed by atoms with E-state index in [0.717, 1.165) is 39.1 Å². The van der Waals surface area contributed by atoms with Crippen molar-refractivity contribution in [2.45, 2.75) is 119 Å². The van der Waals surface area contributed by atoms with Gasteiger partial charge in [0.05, 0.1) is 27.2 Å². The van der Waals surface area contributed by atoms with Crippen molar-refractivity contribution in [3.05, 3.63) is 216 Å². The number of hydrogen-bond donors (Lipinski definition) is 2. The van der Waals surface area contributed by atoms with Gasteiger partial charge in [-0.15, -0.1) is 0 Å². The fourth-order valence-electron chi connectivity index (χ4n) is 12.0. The number of benzene rings is 6. The summed E-state index contributed by atoms with van der Waals surface area (Å²) in [5.74, 6) is 1.89. The molecule has 2 fully saturated rings. The van der Waals surface area contributed by atoms with E-state index in [9.17, 15) is 5.11 Å². The maximum absolute atomic E-state index is 13.8. The number of fused-ring (bicyclic) bond motifs is 2. The number of aliphatic hydroxyl groups excluding tert-OH is 1. The maximum Gasteiger partial charge on any atom is 0.335 e. The van der Waals surface area contributed by atoms with E-state index in [-0.39, 0.29) is 28.8 Å². The molecule has 0 spiro atoms. The summed E-state index contributed by atoms with van der Waals surface area (Å²) in [5.41, 5.74) is 4.10. The highest BCUT2D eigenvalue weighted by Gasteiger charge is 2.62. The minimum atomic E-state index is -3.30. The van der Waals surface area contributed by atoms with Crippen LogP contribution in [0.2, 0.25) is 22.2 Å². The third-order valence-corrected chi connectivity index (χ3v) is 26.3. The second-order valence-corrected chi connectivity index (χ2v) is 30.6. The molecule has 78 heavy (non-hydrogen) atoms. The van der Waals surface area contributed by atoms with E-state index < -0.39 is 58.9 Å². The van der Waals surface area contributed by atoms with E-state index in [1.54, 1.807) is 26.9 Å². The summed E-state index contributed by atoms with van der Waals surface area (Å²) < 4.78 is 51.4. The molecule has 4 heterocycles. The summed E-state index contributed by atoms with van der Waals surface area (Å²) in [6.45, 7) is 17.6. The molecule has 2 aliphatic rings. The molecule has 0 radical (unpaired) electrons. The molecule has 2 aromatic heterocycles. The first-order chi connectivity index (χ1) is 37.7. The maximum atomic E-state index is 13.8. The van der Waals surface area contributed by atoms with Crippen LogP contribution in [0.5, 0.6) is 11.5 Å². The van der Waals surface area contributed by atoms with Gasteiger partial charge in [0, 0.05) is 0 Å². The summed E-state index contributed by atoms with van der Waals surface area (Å²) >= 11 is 0. The molecule has 2 aliphatic heterocycles. The number of nitrogens with one attached hydrogen (secondary N) is 1. The van der Waals surface area contributed by atoms with Crippen LogP contribution in [0, 0.1) is 0 Å². The van der Waals surface area contributed by atoms with E-state index in [4.69, 9.17) is 46.9 Å². The van der Waals surface area contributed by atoms with Crippen LogP contribution in [0.15, 0.2) is 183 Å². The van der Waals surface area contributed by atoms with Crippen LogP contribution in [-0.4, -0.2) is 87.0 Å². The molecule has 8 aromatic rings. The number of methoxy groups -OCH3 is 2. The zero-order valence-electron chi connectivity index (χ0n) is 46.3. The van der Waals surface area contributed by atoms with E-state index in [1.807, 2.05) is 114 Å². The van der Waals surface area contributed by atoms with Gasteiger partial charge in [-0.25, -0.2) is 15.0 Å². The topological polar surface area (TPSA) is 140 Å². The number of ether oxygens (including phenoxy) is 4. The smallest absolute Gasteiger partial charge is 0.335 e. The molecule has 15 heteroatoms. The molecule has 2 saturated heterocycles. The highest BCUT2D eigenvalue weighted by Crippen LogP contribution is 2.51. The first-order valence-corrected chi connectivity index (χ1v) is 31.2. The van der Waals surface area contributed by atoms with Crippen LogP contribution in [0.4, 0.5) is 5.82 Å². The van der Waals surface area contributed by atoms with Gasteiger partial charge in [0.2, 0.25) is 0 Å². The second kappa shape index (κ2) is 22.7. The first kappa shape index (κ1) is 54.8. The van der Waals surface area contributed by atoms with Gasteiger partial charge in [0.15, 0.2) is 23.2 Å². The zero-order valence-corrected chi connectivity index (χ0v) is 48.3. The normalized spacial score (nSPS) is 20.6. The first-order valence-electron chi connectivity index (χ1n) is 27.2. The largest absolute Gasteiger partial charge is 0.497 e. The lowest BCUT2D eigenvalue weighted by Crippen LogP contribution is -2.70. The van der Waals surface area contributed by atoms with Gasteiger partial charge in [-0.05, 0) is 79.8 Å². The molecule has 5 atom stereocenters. The van der Waals surface area contributed by atoms with E-state index in [0.29, 0.717) is 22.7 Å². The quantitative estimate of drug-likeness (QED) is 0.0662. The van der Waals surface area contributed by atoms with Crippen molar-refractivity contribution in [3.8, 4) is 11.5 Å². The number of nitrogens with zero attached hydrogens (tertiary/aromatic N) is 4. The predicted molar refractivity (Wildman–Crippen MR) is 309 cm³/mol. The van der Waals surface area contributed by atoms with Crippen LogP contribution in [-0.2, 0) is 33.6 Å². The Bertz CT molecular complexity index is 3130. The number of aliphatic hydroxyl groups is 1. The average molecular weight is 1080 g/mol. The molecule has 0 bridgehead atoms. The molecule has 10 rings (SSSR count). The van der Waals surface area contributed by atoms with E-state index >= 15 is 0 Å². The summed E-state index contributed by atoms with van der Waals surface area (Å²) in [7, 11) is -3.03. The Labute approximate surface area is 461 Å². The van der Waals surface area contributed by atoms with E-state index in [1.165, 1.54) is 0 Å². The molecular weight excluding hydrogens is 1010 g/mol. The minimum absolute atomic E-state index is 0.0161. The fraction of sp³-hybridized carbons (Fsp3) is 0.349. The average Bonchev–Trinajstić information content (AvgIpc) is 4.08. The number of aromatic nitrogens is 4. The Morgan fingerprint density at radius 1 is 0.577 bits per heavy atom. The monoisotopic (exact) mass is 1080 g/mol. The minimum Gasteiger partial charge on any atom is -0.497 e. The lowest BCUT2D eigenvalue weighted by Gasteiger charge is -2.55. The third kappa shape index (κ3) is 9.67. The molecule has 13 nitrogen and oxygen atoms in total. The number of hydrogen-bond acceptors (Lipinski definition) is 12. The Morgan fingerprint density at radius 3 is 1.50 bits per heavy atom. The van der Waals surface area contributed by atoms with Gasteiger partial charge in [0.1, 0.15) is 53.4 Å². The fourth-order valence-corrected chi connectivity index (χ4v) is 23.2. The van der Waals surface area contributed by atoms with Crippen molar-refractivity contribution in [1.82, 2.24) is 19.5 Å². The molecule has 0 unspecified atom stereocenters. The number of rotatable bonds is 17. The SMILES string of the molecule is COc1ccc(C(Nc2ncnc3c2ncn3[C@@H]2O[C@@H]3CO[Si](C(C)C)(C(C)C)O[Si](C(C)C)(C(C)C)O[C@@H]3[C@H](O)[C@H]2OC(c2ccccc2)(c2ccccc2)c2ccc(OC)cc2)(c2ccccc2)c2ccccc2)cc1. The number of anilines is 1. The van der Waals surface area contributed by atoms with Crippen LogP contribution in [0.1, 0.15) is 95.0 Å². The zero-order chi connectivity index (χ0) is 54.8. The van der Waals surface area contributed by atoms with Crippen LogP contribution in [0.3, 0.4) is 0 Å². The van der Waals surface area contributed by atoms with Crippen molar-refractivity contribution in [2.24, 2.45) is 0 Å². The lowest BCUT2D eigenvalue weighted by atomic mass is 9.77. The van der Waals surface area contributed by atoms with Crippen LogP contribution >= 0.6 is 0 Å². The molecule has 0 saturated carbocycles. The molecular formula is C63H73N5O8Si2. The van der Waals surface area contributed by atoms with Gasteiger partial charge < -0.3 is 42.3 Å². The standard InChI is InChI=1S/C63H73N5O8Si2/c1-42(2)77(43(3)4)72-39-54-57(75-78(76-77,44(5)6)45(7)8)56(69)58(74-63(49-27-19-13-20-28-49,50-29-21-14-22-30-50)51-33-37-53(71-10)38-34-51)61(73-54)68-41-66-55-59(64-40-65-60(55)68)67-62(46-23-15-11-16-24-46,47-25-17-12-18-26-47)48-31-35-52(70-9)36-32-48/h11-38,40-45,54,56-58,61,69H,39H2,1-10H3,(H,64,65,67)/t54-,56+,57+,58-,61-/m1/s1. The van der Waals surface area contributed by atoms with Crippen molar-refractivity contribution < 1.29 is 37.0 Å². The Morgan fingerprint density at radius 2 is 1.03 bits per heavy atom. The summed E-state index contributed by atoms with van der Waals surface area (Å²) in [6, 6.07) is 56.9. The van der Waals surface area contributed by atoms with Crippen molar-refractivity contribution >= 4 is 34.1 Å². The van der Waals surface area contributed by atoms with Crippen molar-refractivity contribution in [1.29, 1.82) is 0 Å². The summed E-state index contributed by atoms with van der Waals surface area (Å²) in [5, 5.41) is 17.7. The number of imidazole rings is 1.